The van der Waals surface area contributed by atoms with Gasteiger partial charge in [-0.2, -0.15) is 0 Å². The second-order valence-electron chi connectivity index (χ2n) is 13.3. The summed E-state index contributed by atoms with van der Waals surface area (Å²) in [5.74, 6) is 4.20. The van der Waals surface area contributed by atoms with Crippen molar-refractivity contribution in [2.45, 2.75) is 129 Å². The normalized spacial score (nSPS) is 42.4. The second kappa shape index (κ2) is 10.9. The number of rotatable bonds is 8. The van der Waals surface area contributed by atoms with Crippen molar-refractivity contribution in [1.29, 1.82) is 0 Å². The zero-order valence-corrected chi connectivity index (χ0v) is 22.3. The van der Waals surface area contributed by atoms with Crippen molar-refractivity contribution in [3.8, 4) is 0 Å². The molecule has 2 saturated carbocycles. The van der Waals surface area contributed by atoms with Crippen LogP contribution < -0.4 is 0 Å². The molecule has 34 heavy (non-hydrogen) atoms. The van der Waals surface area contributed by atoms with Gasteiger partial charge in [0.1, 0.15) is 0 Å². The van der Waals surface area contributed by atoms with Crippen molar-refractivity contribution < 1.29 is 13.9 Å². The molecule has 5 rings (SSSR count). The Morgan fingerprint density at radius 1 is 1.06 bits per heavy atom. The van der Waals surface area contributed by atoms with Crippen molar-refractivity contribution in [1.82, 2.24) is 0 Å². The van der Waals surface area contributed by atoms with Crippen LogP contribution in [-0.4, -0.2) is 25.7 Å². The molecule has 0 aromatic carbocycles. The molecule has 5 aliphatic rings. The zero-order valence-electron chi connectivity index (χ0n) is 22.3. The van der Waals surface area contributed by atoms with Crippen LogP contribution >= 0.6 is 0 Å². The summed E-state index contributed by atoms with van der Waals surface area (Å²) in [7, 11) is 0. The molecule has 0 bridgehead atoms. The fourth-order valence-corrected chi connectivity index (χ4v) is 9.16. The van der Waals surface area contributed by atoms with Crippen LogP contribution in [0.4, 0.5) is 4.39 Å². The monoisotopic (exact) mass is 474 g/mol. The summed E-state index contributed by atoms with van der Waals surface area (Å²) in [6, 6.07) is 0. The maximum atomic E-state index is 14.5. The smallest absolute Gasteiger partial charge is 0.157 e. The summed E-state index contributed by atoms with van der Waals surface area (Å²) in [4.78, 5) is 0. The van der Waals surface area contributed by atoms with Gasteiger partial charge in [-0.05, 0) is 112 Å². The van der Waals surface area contributed by atoms with E-state index in [2.05, 4.69) is 20.8 Å². The molecule has 0 radical (unpaired) electrons. The Labute approximate surface area is 208 Å². The number of unbranched alkanes of at least 4 members (excludes halogenated alkanes) is 1. The Morgan fingerprint density at radius 3 is 2.71 bits per heavy atom. The molecule has 194 valence electrons. The molecule has 0 aromatic rings. The van der Waals surface area contributed by atoms with Gasteiger partial charge in [0.25, 0.3) is 0 Å². The summed E-state index contributed by atoms with van der Waals surface area (Å²) < 4.78 is 26.7. The lowest BCUT2D eigenvalue weighted by Gasteiger charge is -2.54. The number of ether oxygens (including phenoxy) is 2. The van der Waals surface area contributed by atoms with Crippen molar-refractivity contribution in [3.05, 3.63) is 11.1 Å². The van der Waals surface area contributed by atoms with E-state index in [-0.39, 0.29) is 25.0 Å². The fraction of sp³-hybridized carbons (Fsp3) is 0.935. The Hall–Kier alpha value is -0.410. The van der Waals surface area contributed by atoms with Crippen LogP contribution in [0.25, 0.3) is 0 Å². The third-order valence-electron chi connectivity index (χ3n) is 11.0. The van der Waals surface area contributed by atoms with Crippen molar-refractivity contribution in [3.63, 3.8) is 0 Å². The molecule has 0 aromatic heterocycles. The standard InChI is InChI=1S/C31H51FO2/c1-21(2)8-4-5-9-23-11-14-29-28-18-22(20-32)27-19-24(34-30-10-6-7-17-33-30)12-13-25(27)26(28)15-16-31(23,29)3/h21-24,26,28-30H,4-20H2,1-3H3. The maximum Gasteiger partial charge on any atom is 0.157 e. The van der Waals surface area contributed by atoms with Gasteiger partial charge in [0.15, 0.2) is 6.29 Å². The lowest BCUT2D eigenvalue weighted by molar-refractivity contribution is -0.190. The van der Waals surface area contributed by atoms with Crippen molar-refractivity contribution in [2.75, 3.05) is 13.3 Å². The molecule has 1 heterocycles. The van der Waals surface area contributed by atoms with E-state index in [1.165, 1.54) is 63.4 Å². The lowest BCUT2D eigenvalue weighted by atomic mass is 9.51. The van der Waals surface area contributed by atoms with Gasteiger partial charge in [-0.25, -0.2) is 0 Å². The summed E-state index contributed by atoms with van der Waals surface area (Å²) in [5, 5.41) is 0. The minimum Gasteiger partial charge on any atom is -0.353 e. The average Bonchev–Trinajstić information content (AvgIpc) is 3.18. The number of fused-ring (bicyclic) bond motifs is 4. The molecular formula is C31H51FO2. The van der Waals surface area contributed by atoms with Crippen LogP contribution in [0.1, 0.15) is 117 Å². The highest BCUT2D eigenvalue weighted by atomic mass is 19.1. The quantitative estimate of drug-likeness (QED) is 0.259. The number of hydrogen-bond donors (Lipinski definition) is 0. The van der Waals surface area contributed by atoms with Gasteiger partial charge in [0.05, 0.1) is 12.8 Å². The average molecular weight is 475 g/mol. The van der Waals surface area contributed by atoms with Crippen LogP contribution in [0.3, 0.4) is 0 Å². The van der Waals surface area contributed by atoms with Crippen LogP contribution in [0.2, 0.25) is 0 Å². The Balaban J connectivity index is 1.25. The Kier molecular flexibility index (Phi) is 8.10. The number of halogens is 1. The molecule has 1 saturated heterocycles. The molecule has 0 amide bonds. The van der Waals surface area contributed by atoms with Crippen LogP contribution in [0, 0.1) is 40.9 Å². The van der Waals surface area contributed by atoms with E-state index in [9.17, 15) is 4.39 Å². The molecule has 3 heteroatoms. The van der Waals surface area contributed by atoms with E-state index < -0.39 is 0 Å². The first-order valence-electron chi connectivity index (χ1n) is 15.0. The minimum absolute atomic E-state index is 0.0209. The number of hydrogen-bond acceptors (Lipinski definition) is 2. The molecule has 3 fully saturated rings. The zero-order chi connectivity index (χ0) is 23.7. The first kappa shape index (κ1) is 25.2. The molecule has 8 unspecified atom stereocenters. The van der Waals surface area contributed by atoms with Crippen molar-refractivity contribution in [2.24, 2.45) is 40.9 Å². The predicted molar refractivity (Wildman–Crippen MR) is 137 cm³/mol. The van der Waals surface area contributed by atoms with Gasteiger partial charge in [-0.3, -0.25) is 4.39 Å². The number of allylic oxidation sites excluding steroid dienone is 1. The summed E-state index contributed by atoms with van der Waals surface area (Å²) in [5.41, 5.74) is 3.67. The first-order chi connectivity index (χ1) is 16.5. The maximum absolute atomic E-state index is 14.5. The van der Waals surface area contributed by atoms with Crippen LogP contribution in [0.15, 0.2) is 11.1 Å². The van der Waals surface area contributed by atoms with Crippen molar-refractivity contribution >= 4 is 0 Å². The van der Waals surface area contributed by atoms with Gasteiger partial charge >= 0.3 is 0 Å². The molecular weight excluding hydrogens is 423 g/mol. The van der Waals surface area contributed by atoms with E-state index >= 15 is 0 Å². The topological polar surface area (TPSA) is 18.5 Å². The third kappa shape index (κ3) is 5.04. The van der Waals surface area contributed by atoms with E-state index in [1.807, 2.05) is 0 Å². The van der Waals surface area contributed by atoms with E-state index in [4.69, 9.17) is 9.47 Å². The Bertz CT molecular complexity index is 710. The third-order valence-corrected chi connectivity index (χ3v) is 11.0. The summed E-state index contributed by atoms with van der Waals surface area (Å²) in [6.45, 7) is 8.00. The molecule has 0 N–H and O–H groups in total. The van der Waals surface area contributed by atoms with E-state index in [0.717, 1.165) is 74.7 Å². The molecule has 8 atom stereocenters. The van der Waals surface area contributed by atoms with Crippen LogP contribution in [-0.2, 0) is 9.47 Å². The highest BCUT2D eigenvalue weighted by molar-refractivity contribution is 5.29. The minimum atomic E-state index is -0.170. The van der Waals surface area contributed by atoms with Gasteiger partial charge in [0.2, 0.25) is 0 Å². The second-order valence-corrected chi connectivity index (χ2v) is 13.3. The largest absolute Gasteiger partial charge is 0.353 e. The van der Waals surface area contributed by atoms with Gasteiger partial charge < -0.3 is 9.47 Å². The summed E-state index contributed by atoms with van der Waals surface area (Å²) in [6.07, 6.45) is 19.1. The molecule has 0 spiro atoms. The molecule has 2 nitrogen and oxygen atoms in total. The van der Waals surface area contributed by atoms with Gasteiger partial charge in [-0.1, -0.05) is 51.2 Å². The first-order valence-corrected chi connectivity index (χ1v) is 15.0. The highest BCUT2D eigenvalue weighted by Crippen LogP contribution is 2.64. The van der Waals surface area contributed by atoms with Gasteiger partial charge in [-0.15, -0.1) is 0 Å². The SMILES string of the molecule is CC(C)CCCCC1CCC2C3CC(CF)C4=C(CCC(OC5CCCCO5)C4)C3CCC12C. The van der Waals surface area contributed by atoms with E-state index in [1.54, 1.807) is 5.57 Å². The predicted octanol–water partition coefficient (Wildman–Crippen LogP) is 8.64. The van der Waals surface area contributed by atoms with Gasteiger partial charge in [0, 0.05) is 12.5 Å². The lowest BCUT2D eigenvalue weighted by Crippen LogP contribution is -2.46. The van der Waals surface area contributed by atoms with E-state index in [0.29, 0.717) is 5.41 Å². The molecule has 4 aliphatic carbocycles. The van der Waals surface area contributed by atoms with Crippen LogP contribution in [0.5, 0.6) is 0 Å². The number of alkyl halides is 1. The fourth-order valence-electron chi connectivity index (χ4n) is 9.16. The molecule has 1 aliphatic heterocycles. The Morgan fingerprint density at radius 2 is 1.94 bits per heavy atom. The summed E-state index contributed by atoms with van der Waals surface area (Å²) >= 11 is 0. The highest BCUT2D eigenvalue weighted by Gasteiger charge is 2.55.